The fourth-order valence-electron chi connectivity index (χ4n) is 2.71. The number of halogens is 4. The van der Waals surface area contributed by atoms with Crippen LogP contribution in [0.5, 0.6) is 0 Å². The summed E-state index contributed by atoms with van der Waals surface area (Å²) < 4.78 is 52.2. The van der Waals surface area contributed by atoms with Crippen molar-refractivity contribution >= 4 is 11.7 Å². The highest BCUT2D eigenvalue weighted by molar-refractivity contribution is 5.89. The lowest BCUT2D eigenvalue weighted by Gasteiger charge is -2.29. The first-order chi connectivity index (χ1) is 11.4. The molecule has 0 bridgehead atoms. The van der Waals surface area contributed by atoms with E-state index < -0.39 is 29.3 Å². The van der Waals surface area contributed by atoms with Crippen LogP contribution in [0.1, 0.15) is 16.7 Å². The Balaban J connectivity index is 1.77. The van der Waals surface area contributed by atoms with Gasteiger partial charge >= 0.3 is 12.2 Å². The number of benzene rings is 2. The van der Waals surface area contributed by atoms with Gasteiger partial charge in [0.2, 0.25) is 0 Å². The number of anilines is 1. The molecule has 0 fully saturated rings. The molecule has 0 saturated heterocycles. The molecule has 1 N–H and O–H groups in total. The molecule has 3 rings (SSSR count). The zero-order valence-corrected chi connectivity index (χ0v) is 12.5. The minimum absolute atomic E-state index is 0.336. The Morgan fingerprint density at radius 3 is 2.46 bits per heavy atom. The van der Waals surface area contributed by atoms with E-state index in [1.807, 2.05) is 24.3 Å². The number of nitrogens with one attached hydrogen (secondary N) is 1. The third-order valence-corrected chi connectivity index (χ3v) is 3.96. The lowest BCUT2D eigenvalue weighted by molar-refractivity contribution is -0.139. The van der Waals surface area contributed by atoms with Gasteiger partial charge in [0.25, 0.3) is 0 Å². The number of alkyl halides is 3. The van der Waals surface area contributed by atoms with Crippen LogP contribution >= 0.6 is 0 Å². The van der Waals surface area contributed by atoms with Crippen molar-refractivity contribution in [3.8, 4) is 0 Å². The van der Waals surface area contributed by atoms with Gasteiger partial charge in [0.05, 0.1) is 11.3 Å². The quantitative estimate of drug-likeness (QED) is 0.766. The minimum Gasteiger partial charge on any atom is -0.320 e. The number of carbonyl (C=O) groups excluding carboxylic acids is 1. The number of hydrogen-bond donors (Lipinski definition) is 1. The second kappa shape index (κ2) is 6.14. The van der Waals surface area contributed by atoms with Gasteiger partial charge in [-0.15, -0.1) is 0 Å². The number of rotatable bonds is 1. The zero-order valence-electron chi connectivity index (χ0n) is 12.5. The summed E-state index contributed by atoms with van der Waals surface area (Å²) in [6.45, 7) is 0.756. The van der Waals surface area contributed by atoms with Gasteiger partial charge in [-0.3, -0.25) is 0 Å². The minimum atomic E-state index is -4.81. The van der Waals surface area contributed by atoms with Gasteiger partial charge in [0.1, 0.15) is 0 Å². The average Bonchev–Trinajstić information content (AvgIpc) is 2.55. The van der Waals surface area contributed by atoms with Crippen molar-refractivity contribution in [2.45, 2.75) is 19.1 Å². The standard InChI is InChI=1S/C17H14F4N2O/c18-15-13(17(19,20)21)6-3-7-14(15)22-16(24)23-9-8-11-4-1-2-5-12(11)10-23/h1-7H,8-10H2,(H,22,24). The second-order valence-electron chi connectivity index (χ2n) is 5.54. The van der Waals surface area contributed by atoms with Crippen LogP contribution in [-0.4, -0.2) is 17.5 Å². The van der Waals surface area contributed by atoms with Gasteiger partial charge < -0.3 is 10.2 Å². The lowest BCUT2D eigenvalue weighted by Crippen LogP contribution is -2.39. The van der Waals surface area contributed by atoms with Crippen molar-refractivity contribution in [2.75, 3.05) is 11.9 Å². The van der Waals surface area contributed by atoms with Gasteiger partial charge in [-0.1, -0.05) is 30.3 Å². The third kappa shape index (κ3) is 3.20. The molecule has 0 aromatic heterocycles. The highest BCUT2D eigenvalue weighted by Gasteiger charge is 2.35. The van der Waals surface area contributed by atoms with E-state index in [4.69, 9.17) is 0 Å². The van der Waals surface area contributed by atoms with Crippen molar-refractivity contribution in [1.82, 2.24) is 4.90 Å². The largest absolute Gasteiger partial charge is 0.419 e. The third-order valence-electron chi connectivity index (χ3n) is 3.96. The SMILES string of the molecule is O=C(Nc1cccc(C(F)(F)F)c1F)N1CCc2ccccc2C1. The first-order valence-corrected chi connectivity index (χ1v) is 7.34. The van der Waals surface area contributed by atoms with Crippen LogP contribution in [0.2, 0.25) is 0 Å². The number of fused-ring (bicyclic) bond motifs is 1. The van der Waals surface area contributed by atoms with Gasteiger partial charge in [0.15, 0.2) is 5.82 Å². The first-order valence-electron chi connectivity index (χ1n) is 7.34. The number of carbonyl (C=O) groups is 1. The Hall–Kier alpha value is -2.57. The Labute approximate surface area is 135 Å². The van der Waals surface area contributed by atoms with E-state index >= 15 is 0 Å². The van der Waals surface area contributed by atoms with E-state index in [-0.39, 0.29) is 0 Å². The molecule has 7 heteroatoms. The molecule has 0 aliphatic carbocycles. The maximum Gasteiger partial charge on any atom is 0.419 e. The second-order valence-corrected chi connectivity index (χ2v) is 5.54. The summed E-state index contributed by atoms with van der Waals surface area (Å²) in [6.07, 6.45) is -4.16. The van der Waals surface area contributed by atoms with Gasteiger partial charge in [-0.25, -0.2) is 9.18 Å². The van der Waals surface area contributed by atoms with E-state index in [9.17, 15) is 22.4 Å². The zero-order chi connectivity index (χ0) is 17.3. The van der Waals surface area contributed by atoms with Crippen LogP contribution < -0.4 is 5.32 Å². The fourth-order valence-corrected chi connectivity index (χ4v) is 2.71. The number of nitrogens with zero attached hydrogens (tertiary/aromatic N) is 1. The normalized spacial score (nSPS) is 14.2. The lowest BCUT2D eigenvalue weighted by atomic mass is 10.0. The van der Waals surface area contributed by atoms with E-state index in [0.29, 0.717) is 25.6 Å². The number of urea groups is 1. The monoisotopic (exact) mass is 338 g/mol. The Morgan fingerprint density at radius 1 is 1.04 bits per heavy atom. The Bertz CT molecular complexity index is 773. The molecule has 126 valence electrons. The Morgan fingerprint density at radius 2 is 1.75 bits per heavy atom. The number of hydrogen-bond acceptors (Lipinski definition) is 1. The molecule has 24 heavy (non-hydrogen) atoms. The summed E-state index contributed by atoms with van der Waals surface area (Å²) in [4.78, 5) is 13.7. The van der Waals surface area contributed by atoms with E-state index in [2.05, 4.69) is 5.32 Å². The van der Waals surface area contributed by atoms with Gasteiger partial charge in [-0.05, 0) is 29.7 Å². The summed E-state index contributed by atoms with van der Waals surface area (Å²) in [7, 11) is 0. The number of amides is 2. The van der Waals surface area contributed by atoms with Crippen molar-refractivity contribution in [3.05, 3.63) is 65.0 Å². The fraction of sp³-hybridized carbons (Fsp3) is 0.235. The van der Waals surface area contributed by atoms with Crippen molar-refractivity contribution in [1.29, 1.82) is 0 Å². The summed E-state index contributed by atoms with van der Waals surface area (Å²) in [5.41, 5.74) is 0.230. The molecule has 2 aromatic rings. The van der Waals surface area contributed by atoms with Crippen molar-refractivity contribution in [2.24, 2.45) is 0 Å². The van der Waals surface area contributed by atoms with Crippen LogP contribution in [-0.2, 0) is 19.1 Å². The van der Waals surface area contributed by atoms with E-state index in [1.54, 1.807) is 0 Å². The molecular weight excluding hydrogens is 324 g/mol. The predicted octanol–water partition coefficient (Wildman–Crippen LogP) is 4.43. The molecule has 0 unspecified atom stereocenters. The summed E-state index contributed by atoms with van der Waals surface area (Å²) in [5, 5.41) is 2.24. The van der Waals surface area contributed by atoms with Crippen LogP contribution in [0, 0.1) is 5.82 Å². The first kappa shape index (κ1) is 16.3. The summed E-state index contributed by atoms with van der Waals surface area (Å²) in [6, 6.07) is 9.81. The molecular formula is C17H14F4N2O. The molecule has 2 aromatic carbocycles. The molecule has 3 nitrogen and oxygen atoms in total. The topological polar surface area (TPSA) is 32.3 Å². The van der Waals surface area contributed by atoms with Gasteiger partial charge in [-0.2, -0.15) is 13.2 Å². The molecule has 0 saturated carbocycles. The van der Waals surface area contributed by atoms with E-state index in [0.717, 1.165) is 23.3 Å². The maximum atomic E-state index is 14.0. The van der Waals surface area contributed by atoms with Crippen LogP contribution in [0.25, 0.3) is 0 Å². The van der Waals surface area contributed by atoms with Crippen LogP contribution in [0.4, 0.5) is 28.0 Å². The van der Waals surface area contributed by atoms with Crippen molar-refractivity contribution in [3.63, 3.8) is 0 Å². The van der Waals surface area contributed by atoms with Crippen molar-refractivity contribution < 1.29 is 22.4 Å². The summed E-state index contributed by atoms with van der Waals surface area (Å²) in [5.74, 6) is -1.48. The Kier molecular flexibility index (Phi) is 4.17. The highest BCUT2D eigenvalue weighted by atomic mass is 19.4. The molecule has 0 radical (unpaired) electrons. The summed E-state index contributed by atoms with van der Waals surface area (Å²) >= 11 is 0. The average molecular weight is 338 g/mol. The van der Waals surface area contributed by atoms with Gasteiger partial charge in [0, 0.05) is 13.1 Å². The van der Waals surface area contributed by atoms with Crippen LogP contribution in [0.15, 0.2) is 42.5 Å². The molecule has 1 heterocycles. The molecule has 0 atom stereocenters. The predicted molar refractivity (Wildman–Crippen MR) is 81.0 cm³/mol. The highest BCUT2D eigenvalue weighted by Crippen LogP contribution is 2.34. The van der Waals surface area contributed by atoms with E-state index in [1.165, 1.54) is 4.90 Å². The molecule has 2 amide bonds. The molecule has 1 aliphatic rings. The molecule has 1 aliphatic heterocycles. The van der Waals surface area contributed by atoms with Crippen LogP contribution in [0.3, 0.4) is 0 Å². The maximum absolute atomic E-state index is 14.0. The smallest absolute Gasteiger partial charge is 0.320 e. The molecule has 0 spiro atoms.